The fraction of sp³-hybridized carbons (Fsp3) is 0.349. The summed E-state index contributed by atoms with van der Waals surface area (Å²) in [5, 5.41) is 20.1. The van der Waals surface area contributed by atoms with Gasteiger partial charge in [0.1, 0.15) is 29.4 Å². The van der Waals surface area contributed by atoms with Crippen molar-refractivity contribution < 1.29 is 28.3 Å². The molecule has 2 aromatic heterocycles. The van der Waals surface area contributed by atoms with Gasteiger partial charge in [0.25, 0.3) is 11.2 Å². The average molecular weight is 805 g/mol. The molecule has 0 saturated carbocycles. The summed E-state index contributed by atoms with van der Waals surface area (Å²) in [4.78, 5) is 29.3. The fourth-order valence-corrected chi connectivity index (χ4v) is 8.50. The van der Waals surface area contributed by atoms with Crippen LogP contribution in [0, 0.1) is 10.1 Å². The van der Waals surface area contributed by atoms with E-state index in [1.54, 1.807) is 37.0 Å². The minimum atomic E-state index is -2.35. The van der Waals surface area contributed by atoms with Crippen LogP contribution in [0.2, 0.25) is 18.1 Å². The summed E-state index contributed by atoms with van der Waals surface area (Å²) in [6.07, 6.45) is 0.382. The number of imidazole rings is 1. The van der Waals surface area contributed by atoms with Gasteiger partial charge in [0.05, 0.1) is 50.3 Å². The highest BCUT2D eigenvalue weighted by molar-refractivity contribution is 6.74. The maximum absolute atomic E-state index is 13.7. The zero-order chi connectivity index (χ0) is 41.2. The summed E-state index contributed by atoms with van der Waals surface area (Å²) in [5.74, 6) is 1.43. The number of hydrogen-bond donors (Lipinski definition) is 0. The molecule has 1 aliphatic rings. The first-order chi connectivity index (χ1) is 27.8. The van der Waals surface area contributed by atoms with Crippen molar-refractivity contribution in [3.05, 3.63) is 152 Å². The molecule has 0 amide bonds. The van der Waals surface area contributed by atoms with Crippen LogP contribution in [-0.4, -0.2) is 70.8 Å². The van der Waals surface area contributed by atoms with Gasteiger partial charge in [-0.3, -0.25) is 19.5 Å². The molecule has 14 nitrogen and oxygen atoms in total. The molecule has 1 saturated heterocycles. The molecule has 0 bridgehead atoms. The Hall–Kier alpha value is -5.74. The summed E-state index contributed by atoms with van der Waals surface area (Å²) in [6, 6.07) is 32.0. The van der Waals surface area contributed by atoms with E-state index in [0.29, 0.717) is 23.5 Å². The second-order valence-electron chi connectivity index (χ2n) is 15.9. The predicted octanol–water partition coefficient (Wildman–Crippen LogP) is 7.65. The molecule has 1 fully saturated rings. The van der Waals surface area contributed by atoms with Crippen molar-refractivity contribution in [2.45, 2.75) is 75.9 Å². The first kappa shape index (κ1) is 40.5. The molecule has 0 radical (unpaired) electrons. The zero-order valence-electron chi connectivity index (χ0n) is 33.7. The molecule has 3 heterocycles. The van der Waals surface area contributed by atoms with Crippen molar-refractivity contribution in [1.82, 2.24) is 24.5 Å². The maximum Gasteiger partial charge on any atom is 0.298 e. The van der Waals surface area contributed by atoms with E-state index < -0.39 is 42.8 Å². The third-order valence-corrected chi connectivity index (χ3v) is 15.8. The number of para-hydroxylation sites is 1. The van der Waals surface area contributed by atoms with Crippen molar-refractivity contribution in [1.29, 1.82) is 0 Å². The predicted molar refractivity (Wildman–Crippen MR) is 221 cm³/mol. The van der Waals surface area contributed by atoms with E-state index in [1.165, 1.54) is 12.4 Å². The quantitative estimate of drug-likeness (QED) is 0.0462. The van der Waals surface area contributed by atoms with E-state index >= 15 is 0 Å². The smallest absolute Gasteiger partial charge is 0.298 e. The third-order valence-electron chi connectivity index (χ3n) is 11.3. The van der Waals surface area contributed by atoms with Crippen molar-refractivity contribution in [2.75, 3.05) is 20.8 Å². The number of rotatable bonds is 14. The first-order valence-corrected chi connectivity index (χ1v) is 22.0. The van der Waals surface area contributed by atoms with E-state index in [2.05, 4.69) is 61.3 Å². The van der Waals surface area contributed by atoms with E-state index in [-0.39, 0.29) is 35.0 Å². The van der Waals surface area contributed by atoms with Gasteiger partial charge >= 0.3 is 0 Å². The number of nitrogens with zero attached hydrogens (tertiary/aromatic N) is 6. The van der Waals surface area contributed by atoms with Gasteiger partial charge < -0.3 is 23.4 Å². The molecule has 0 aliphatic carbocycles. The lowest BCUT2D eigenvalue weighted by Gasteiger charge is -2.40. The van der Waals surface area contributed by atoms with Crippen molar-refractivity contribution in [3.8, 4) is 11.5 Å². The number of nitro groups is 1. The normalized spacial score (nSPS) is 17.4. The van der Waals surface area contributed by atoms with Gasteiger partial charge in [0.15, 0.2) is 19.5 Å². The molecular weight excluding hydrogens is 757 g/mol. The van der Waals surface area contributed by atoms with Crippen molar-refractivity contribution in [2.24, 2.45) is 0 Å². The fourth-order valence-electron chi connectivity index (χ4n) is 7.14. The Morgan fingerprint density at radius 2 is 1.45 bits per heavy atom. The number of ether oxygens (including phenoxy) is 4. The van der Waals surface area contributed by atoms with Gasteiger partial charge in [0.2, 0.25) is 0 Å². The lowest BCUT2D eigenvalue weighted by Crippen LogP contribution is -2.47. The molecule has 58 heavy (non-hydrogen) atoms. The molecule has 6 aromatic rings. The van der Waals surface area contributed by atoms with Crippen LogP contribution in [0.15, 0.2) is 114 Å². The monoisotopic (exact) mass is 804 g/mol. The van der Waals surface area contributed by atoms with Crippen LogP contribution < -0.4 is 15.0 Å². The standard InChI is InChI=1S/C43H48N6O8Si/c1-42(2,3)58(6,7)57-36-25-38(47-28-44-39-40(47)45-46-48(41(39)50)26-29-13-11-12-16-35(29)49(51)52)56-37(36)27-55-43(30-14-9-8-10-15-30,31-17-21-33(53-4)22-18-31)32-19-23-34(54-5)24-20-32/h8-24,28,36-38H,25-27H2,1-7H3/t36-,37+,38+/m0/s1. The highest BCUT2D eigenvalue weighted by atomic mass is 28.4. The van der Waals surface area contributed by atoms with Crippen molar-refractivity contribution in [3.63, 3.8) is 0 Å². The lowest BCUT2D eigenvalue weighted by atomic mass is 9.80. The van der Waals surface area contributed by atoms with Crippen LogP contribution in [0.5, 0.6) is 11.5 Å². The van der Waals surface area contributed by atoms with Gasteiger partial charge in [-0.15, -0.1) is 5.10 Å². The molecule has 302 valence electrons. The van der Waals surface area contributed by atoms with Gasteiger partial charge in [-0.1, -0.05) is 98.8 Å². The summed E-state index contributed by atoms with van der Waals surface area (Å²) in [6.45, 7) is 11.0. The Kier molecular flexibility index (Phi) is 11.3. The summed E-state index contributed by atoms with van der Waals surface area (Å²) < 4.78 is 35.1. The molecule has 0 N–H and O–H groups in total. The van der Waals surface area contributed by atoms with Gasteiger partial charge in [-0.2, -0.15) is 0 Å². The van der Waals surface area contributed by atoms with Gasteiger partial charge in [-0.05, 0) is 59.1 Å². The van der Waals surface area contributed by atoms with Crippen LogP contribution in [0.1, 0.15) is 55.7 Å². The highest BCUT2D eigenvalue weighted by Gasteiger charge is 2.47. The number of nitro benzene ring substituents is 1. The number of fused-ring (bicyclic) bond motifs is 1. The Morgan fingerprint density at radius 1 is 0.862 bits per heavy atom. The maximum atomic E-state index is 13.7. The molecule has 1 aliphatic heterocycles. The molecular formula is C43H48N6O8Si. The van der Waals surface area contributed by atoms with E-state index in [4.69, 9.17) is 23.4 Å². The Bertz CT molecular complexity index is 2380. The van der Waals surface area contributed by atoms with Gasteiger partial charge in [0, 0.05) is 12.5 Å². The Labute approximate surface area is 337 Å². The van der Waals surface area contributed by atoms with Gasteiger partial charge in [-0.25, -0.2) is 9.67 Å². The van der Waals surface area contributed by atoms with Crippen LogP contribution in [-0.2, 0) is 26.0 Å². The molecule has 0 spiro atoms. The zero-order valence-corrected chi connectivity index (χ0v) is 34.7. The number of aromatic nitrogens is 5. The Balaban J connectivity index is 1.26. The average Bonchev–Trinajstić information content (AvgIpc) is 3.83. The van der Waals surface area contributed by atoms with E-state index in [1.807, 2.05) is 66.7 Å². The number of methoxy groups -OCH3 is 2. The summed E-state index contributed by atoms with van der Waals surface area (Å²) in [5.41, 5.74) is 1.58. The molecule has 3 atom stereocenters. The topological polar surface area (TPSA) is 155 Å². The molecule has 0 unspecified atom stereocenters. The van der Waals surface area contributed by atoms with E-state index in [0.717, 1.165) is 21.4 Å². The molecule has 7 rings (SSSR count). The first-order valence-electron chi connectivity index (χ1n) is 19.1. The Morgan fingerprint density at radius 3 is 2.03 bits per heavy atom. The summed E-state index contributed by atoms with van der Waals surface area (Å²) in [7, 11) is 0.925. The second-order valence-corrected chi connectivity index (χ2v) is 20.6. The lowest BCUT2D eigenvalue weighted by molar-refractivity contribution is -0.385. The molecule has 15 heteroatoms. The third kappa shape index (κ3) is 7.77. The highest BCUT2D eigenvalue weighted by Crippen LogP contribution is 2.45. The van der Waals surface area contributed by atoms with Crippen LogP contribution in [0.4, 0.5) is 5.69 Å². The summed E-state index contributed by atoms with van der Waals surface area (Å²) >= 11 is 0. The SMILES string of the molecule is COc1ccc(C(OC[C@H]2O[C@@H](n3cnc4c(=O)n(Cc5ccccc5[N+](=O)[O-])nnc43)C[C@@H]2O[Si](C)(C)C(C)(C)C)(c2ccccc2)c2ccc(OC)cc2)cc1. The van der Waals surface area contributed by atoms with Crippen LogP contribution in [0.25, 0.3) is 11.2 Å². The minimum absolute atomic E-state index is 0.0702. The number of benzene rings is 4. The van der Waals surface area contributed by atoms with Crippen molar-refractivity contribution >= 4 is 25.2 Å². The minimum Gasteiger partial charge on any atom is -0.497 e. The molecule has 4 aromatic carbocycles. The van der Waals surface area contributed by atoms with E-state index in [9.17, 15) is 14.9 Å². The number of hydrogen-bond acceptors (Lipinski definition) is 11. The largest absolute Gasteiger partial charge is 0.497 e. The van der Waals surface area contributed by atoms with Crippen LogP contribution in [0.3, 0.4) is 0 Å². The van der Waals surface area contributed by atoms with Crippen LogP contribution >= 0.6 is 0 Å². The second kappa shape index (κ2) is 16.3.